The maximum absolute atomic E-state index is 12.1. The van der Waals surface area contributed by atoms with Gasteiger partial charge in [0, 0.05) is 11.6 Å². The molecule has 2 aromatic rings. The molecular weight excluding hydrogens is 428 g/mol. The van der Waals surface area contributed by atoms with Crippen molar-refractivity contribution in [3.8, 4) is 17.2 Å². The molecule has 176 valence electrons. The third kappa shape index (κ3) is 6.61. The fraction of sp³-hybridized carbons (Fsp3) is 0.375. The first-order valence-corrected chi connectivity index (χ1v) is 10.7. The Bertz CT molecular complexity index is 1030. The van der Waals surface area contributed by atoms with E-state index in [1.807, 2.05) is 26.8 Å². The van der Waals surface area contributed by atoms with Gasteiger partial charge in [-0.05, 0) is 50.6 Å². The number of hydrogen-bond donors (Lipinski definition) is 1. The fourth-order valence-electron chi connectivity index (χ4n) is 3.02. The lowest BCUT2D eigenvalue weighted by atomic mass is 10.1. The first-order valence-electron chi connectivity index (χ1n) is 10.7. The number of benzene rings is 2. The number of rotatable bonds is 10. The number of esters is 1. The van der Waals surface area contributed by atoms with E-state index in [0.717, 1.165) is 6.42 Å². The summed E-state index contributed by atoms with van der Waals surface area (Å²) in [5.74, 6) is 0.742. The molecule has 0 bridgehead atoms. The van der Waals surface area contributed by atoms with Crippen LogP contribution in [0.15, 0.2) is 41.6 Å². The average Bonchev–Trinajstić information content (AvgIpc) is 2.79. The van der Waals surface area contributed by atoms with Crippen LogP contribution in [0.3, 0.4) is 0 Å². The van der Waals surface area contributed by atoms with E-state index in [2.05, 4.69) is 10.5 Å². The van der Waals surface area contributed by atoms with E-state index >= 15 is 0 Å². The van der Waals surface area contributed by atoms with Gasteiger partial charge in [0.15, 0.2) is 6.61 Å². The van der Waals surface area contributed by atoms with Crippen molar-refractivity contribution in [3.05, 3.63) is 47.5 Å². The van der Waals surface area contributed by atoms with Gasteiger partial charge in [0.1, 0.15) is 36.2 Å². The normalized spacial score (nSPS) is 13.0. The monoisotopic (exact) mass is 456 g/mol. The Kier molecular flexibility index (Phi) is 8.12. The Balaban J connectivity index is 1.86. The predicted molar refractivity (Wildman–Crippen MR) is 122 cm³/mol. The van der Waals surface area contributed by atoms with Crippen LogP contribution in [0.2, 0.25) is 0 Å². The maximum atomic E-state index is 12.1. The lowest BCUT2D eigenvalue weighted by Crippen LogP contribution is -2.25. The molecule has 1 amide bonds. The molecule has 1 aliphatic rings. The number of oxime groups is 1. The topological polar surface area (TPSA) is 105 Å². The fourth-order valence-corrected chi connectivity index (χ4v) is 3.02. The largest absolute Gasteiger partial charge is 0.491 e. The molecule has 1 heterocycles. The lowest BCUT2D eigenvalue weighted by Gasteiger charge is -2.19. The number of hydrogen-bond acceptors (Lipinski definition) is 8. The van der Waals surface area contributed by atoms with Crippen LogP contribution >= 0.6 is 0 Å². The zero-order valence-corrected chi connectivity index (χ0v) is 19.2. The van der Waals surface area contributed by atoms with Crippen LogP contribution in [-0.4, -0.2) is 50.6 Å². The van der Waals surface area contributed by atoms with Gasteiger partial charge < -0.3 is 29.1 Å². The van der Waals surface area contributed by atoms with Crippen LogP contribution in [0.1, 0.15) is 43.1 Å². The van der Waals surface area contributed by atoms with Crippen LogP contribution < -0.4 is 19.5 Å². The Hall–Kier alpha value is -3.75. The van der Waals surface area contributed by atoms with E-state index in [4.69, 9.17) is 23.8 Å². The number of nitrogens with zero attached hydrogens (tertiary/aromatic N) is 1. The number of amides is 1. The van der Waals surface area contributed by atoms with E-state index in [0.29, 0.717) is 46.4 Å². The second-order valence-corrected chi connectivity index (χ2v) is 7.56. The van der Waals surface area contributed by atoms with Crippen molar-refractivity contribution in [2.75, 3.05) is 32.2 Å². The van der Waals surface area contributed by atoms with Gasteiger partial charge in [-0.2, -0.15) is 0 Å². The quantitative estimate of drug-likeness (QED) is 0.251. The second-order valence-electron chi connectivity index (χ2n) is 7.56. The molecule has 9 nitrogen and oxygen atoms in total. The van der Waals surface area contributed by atoms with E-state index in [1.54, 1.807) is 30.3 Å². The molecule has 0 atom stereocenters. The molecule has 0 aromatic heterocycles. The molecule has 0 saturated heterocycles. The molecule has 9 heteroatoms. The molecule has 0 fully saturated rings. The van der Waals surface area contributed by atoms with Crippen molar-refractivity contribution in [1.82, 2.24) is 0 Å². The van der Waals surface area contributed by atoms with E-state index in [1.165, 1.54) is 7.11 Å². The molecule has 0 radical (unpaired) electrons. The van der Waals surface area contributed by atoms with Gasteiger partial charge in [-0.3, -0.25) is 4.79 Å². The number of fused-ring (bicyclic) bond motifs is 1. The number of methoxy groups -OCH3 is 1. The summed E-state index contributed by atoms with van der Waals surface area (Å²) in [7, 11) is 1.31. The summed E-state index contributed by atoms with van der Waals surface area (Å²) in [4.78, 5) is 29.2. The summed E-state index contributed by atoms with van der Waals surface area (Å²) in [5, 5.41) is 7.01. The Morgan fingerprint density at radius 2 is 1.94 bits per heavy atom. The van der Waals surface area contributed by atoms with Gasteiger partial charge in [-0.15, -0.1) is 0 Å². The molecule has 0 aliphatic carbocycles. The van der Waals surface area contributed by atoms with Gasteiger partial charge in [0.25, 0.3) is 5.91 Å². The van der Waals surface area contributed by atoms with Crippen LogP contribution in [0.25, 0.3) is 0 Å². The number of nitrogens with one attached hydrogen (secondary N) is 1. The molecule has 0 unspecified atom stereocenters. The van der Waals surface area contributed by atoms with Crippen molar-refractivity contribution in [2.45, 2.75) is 33.3 Å². The van der Waals surface area contributed by atoms with E-state index < -0.39 is 5.97 Å². The average molecular weight is 456 g/mol. The van der Waals surface area contributed by atoms with Gasteiger partial charge in [0.05, 0.1) is 24.5 Å². The minimum absolute atomic E-state index is 0.0205. The van der Waals surface area contributed by atoms with Crippen LogP contribution in [0, 0.1) is 0 Å². The highest BCUT2D eigenvalue weighted by Gasteiger charge is 2.18. The minimum atomic E-state index is -0.500. The number of ether oxygens (including phenoxy) is 4. The molecule has 33 heavy (non-hydrogen) atoms. The van der Waals surface area contributed by atoms with Crippen LogP contribution in [0.5, 0.6) is 17.2 Å². The van der Waals surface area contributed by atoms with Crippen LogP contribution in [0.4, 0.5) is 5.69 Å². The van der Waals surface area contributed by atoms with E-state index in [9.17, 15) is 9.59 Å². The molecule has 1 N–H and O–H groups in total. The summed E-state index contributed by atoms with van der Waals surface area (Å²) < 4.78 is 21.9. The summed E-state index contributed by atoms with van der Waals surface area (Å²) >= 11 is 0. The molecule has 3 rings (SSSR count). The Morgan fingerprint density at radius 3 is 2.67 bits per heavy atom. The highest BCUT2D eigenvalue weighted by molar-refractivity contribution is 6.04. The number of anilines is 1. The highest BCUT2D eigenvalue weighted by Crippen LogP contribution is 2.29. The molecule has 1 aliphatic heterocycles. The van der Waals surface area contributed by atoms with Gasteiger partial charge in [-0.25, -0.2) is 4.79 Å². The maximum Gasteiger partial charge on any atom is 0.338 e. The highest BCUT2D eigenvalue weighted by atomic mass is 16.6. The third-order valence-corrected chi connectivity index (χ3v) is 4.46. The van der Waals surface area contributed by atoms with Gasteiger partial charge in [-0.1, -0.05) is 12.1 Å². The van der Waals surface area contributed by atoms with Crippen molar-refractivity contribution in [1.29, 1.82) is 0 Å². The smallest absolute Gasteiger partial charge is 0.338 e. The standard InChI is InChI=1S/C24H28N2O7/c1-5-8-32-26-21(16-6-7-22-20(11-16)25-23(27)14-31-22)13-30-18-9-17(24(28)29-4)10-19(12-18)33-15(2)3/h6-7,9-12,15H,5,8,13-14H2,1-4H3,(H,25,27)/b26-21+. The third-order valence-electron chi connectivity index (χ3n) is 4.46. The van der Waals surface area contributed by atoms with E-state index in [-0.39, 0.29) is 25.2 Å². The first kappa shape index (κ1) is 23.9. The van der Waals surface area contributed by atoms with Gasteiger partial charge >= 0.3 is 5.97 Å². The van der Waals surface area contributed by atoms with Crippen molar-refractivity contribution < 1.29 is 33.4 Å². The Morgan fingerprint density at radius 1 is 1.15 bits per heavy atom. The number of carbonyl (C=O) groups is 2. The molecular formula is C24H28N2O7. The summed E-state index contributed by atoms with van der Waals surface area (Å²) in [6.45, 7) is 6.22. The van der Waals surface area contributed by atoms with Gasteiger partial charge in [0.2, 0.25) is 0 Å². The first-order chi connectivity index (χ1) is 15.9. The zero-order chi connectivity index (χ0) is 23.8. The molecule has 0 spiro atoms. The predicted octanol–water partition coefficient (Wildman–Crippen LogP) is 3.80. The summed E-state index contributed by atoms with van der Waals surface area (Å²) in [6.07, 6.45) is 0.709. The van der Waals surface area contributed by atoms with Crippen molar-refractivity contribution >= 4 is 23.3 Å². The molecule has 2 aromatic carbocycles. The van der Waals surface area contributed by atoms with Crippen molar-refractivity contribution in [2.24, 2.45) is 5.16 Å². The summed E-state index contributed by atoms with van der Waals surface area (Å²) in [6, 6.07) is 10.2. The number of carbonyl (C=O) groups excluding carboxylic acids is 2. The summed E-state index contributed by atoms with van der Waals surface area (Å²) in [5.41, 5.74) is 2.05. The second kappa shape index (κ2) is 11.2. The van der Waals surface area contributed by atoms with Crippen molar-refractivity contribution in [3.63, 3.8) is 0 Å². The zero-order valence-electron chi connectivity index (χ0n) is 19.2. The van der Waals surface area contributed by atoms with Crippen LogP contribution in [-0.2, 0) is 14.4 Å². The lowest BCUT2D eigenvalue weighted by molar-refractivity contribution is -0.118. The minimum Gasteiger partial charge on any atom is -0.491 e. The SMILES string of the molecule is CCCO/N=C(\COc1cc(OC(C)C)cc(C(=O)OC)c1)c1ccc2c(c1)NC(=O)CO2. The molecule has 0 saturated carbocycles. The Labute approximate surface area is 192 Å².